The van der Waals surface area contributed by atoms with Crippen LogP contribution >= 0.6 is 0 Å². The van der Waals surface area contributed by atoms with Crippen LogP contribution in [-0.4, -0.2) is 44.5 Å². The van der Waals surface area contributed by atoms with E-state index in [-0.39, 0.29) is 5.56 Å². The number of methoxy groups -OCH3 is 2. The number of hydrogen-bond acceptors (Lipinski definition) is 4. The molecule has 0 amide bonds. The largest absolute Gasteiger partial charge is 0.493 e. The summed E-state index contributed by atoms with van der Waals surface area (Å²) in [5.74, 6) is -6.30. The minimum atomic E-state index is -4.78. The van der Waals surface area contributed by atoms with E-state index in [2.05, 4.69) is 0 Å². The number of Topliss-reactive ketones (excluding diaryl/α,β-unsaturated/α-hetero) is 1. The second-order valence-electron chi connectivity index (χ2n) is 6.34. The van der Waals surface area contributed by atoms with Crippen molar-refractivity contribution in [2.24, 2.45) is 5.92 Å². The molecule has 1 aromatic carbocycles. The zero-order valence-electron chi connectivity index (χ0n) is 14.6. The standard InChI is InChI=1S/C17H19F5O4/c1-8-12(9-5-6-10(18)13(19)14(9)25-4)15(11(23)7-24-3)26-16(8,2)17(20,21)22/h5-6,8,12,15H,7H2,1-4H3/t8-,12-,15+,16+/m0/s1. The molecule has 0 radical (unpaired) electrons. The Morgan fingerprint density at radius 1 is 1.27 bits per heavy atom. The number of halogens is 5. The van der Waals surface area contributed by atoms with E-state index < -0.39 is 59.5 Å². The van der Waals surface area contributed by atoms with Gasteiger partial charge in [0.05, 0.1) is 7.11 Å². The maximum absolute atomic E-state index is 14.1. The Balaban J connectivity index is 2.63. The Hall–Kier alpha value is -1.74. The van der Waals surface area contributed by atoms with Gasteiger partial charge in [-0.1, -0.05) is 13.0 Å². The highest BCUT2D eigenvalue weighted by Gasteiger charge is 2.65. The Labute approximate surface area is 147 Å². The molecule has 146 valence electrons. The van der Waals surface area contributed by atoms with Gasteiger partial charge in [-0.05, 0) is 13.0 Å². The summed E-state index contributed by atoms with van der Waals surface area (Å²) in [5, 5.41) is 0. The zero-order chi connectivity index (χ0) is 19.9. The Kier molecular flexibility index (Phi) is 5.63. The molecule has 0 aromatic heterocycles. The van der Waals surface area contributed by atoms with Crippen LogP contribution in [0.3, 0.4) is 0 Å². The van der Waals surface area contributed by atoms with Gasteiger partial charge < -0.3 is 14.2 Å². The van der Waals surface area contributed by atoms with E-state index in [0.29, 0.717) is 0 Å². The van der Waals surface area contributed by atoms with Crippen molar-refractivity contribution in [1.29, 1.82) is 0 Å². The fourth-order valence-electron chi connectivity index (χ4n) is 3.31. The van der Waals surface area contributed by atoms with Crippen molar-refractivity contribution in [2.45, 2.75) is 37.6 Å². The lowest BCUT2D eigenvalue weighted by Gasteiger charge is -2.32. The number of rotatable bonds is 5. The molecule has 1 aromatic rings. The highest BCUT2D eigenvalue weighted by atomic mass is 19.4. The third-order valence-corrected chi connectivity index (χ3v) is 4.92. The van der Waals surface area contributed by atoms with Crippen molar-refractivity contribution in [1.82, 2.24) is 0 Å². The first-order valence-electron chi connectivity index (χ1n) is 7.77. The summed E-state index contributed by atoms with van der Waals surface area (Å²) in [6.07, 6.45) is -6.33. The molecule has 1 fully saturated rings. The van der Waals surface area contributed by atoms with Crippen molar-refractivity contribution in [3.05, 3.63) is 29.3 Å². The summed E-state index contributed by atoms with van der Waals surface area (Å²) < 4.78 is 83.1. The maximum atomic E-state index is 14.1. The molecule has 0 bridgehead atoms. The van der Waals surface area contributed by atoms with Crippen LogP contribution < -0.4 is 4.74 Å². The van der Waals surface area contributed by atoms with Crippen LogP contribution in [0.25, 0.3) is 0 Å². The Bertz CT molecular complexity index is 690. The number of carbonyl (C=O) groups excluding carboxylic acids is 1. The normalized spacial score (nSPS) is 29.0. The second-order valence-corrected chi connectivity index (χ2v) is 6.34. The Morgan fingerprint density at radius 3 is 2.38 bits per heavy atom. The van der Waals surface area contributed by atoms with Crippen molar-refractivity contribution >= 4 is 5.78 Å². The highest BCUT2D eigenvalue weighted by Crippen LogP contribution is 2.54. The summed E-state index contributed by atoms with van der Waals surface area (Å²) >= 11 is 0. The van der Waals surface area contributed by atoms with E-state index in [0.717, 1.165) is 26.2 Å². The highest BCUT2D eigenvalue weighted by molar-refractivity contribution is 5.86. The smallest absolute Gasteiger partial charge is 0.417 e. The van der Waals surface area contributed by atoms with Gasteiger partial charge in [-0.15, -0.1) is 0 Å². The Morgan fingerprint density at radius 2 is 1.88 bits per heavy atom. The monoisotopic (exact) mass is 382 g/mol. The van der Waals surface area contributed by atoms with Crippen molar-refractivity contribution < 1.29 is 41.0 Å². The average Bonchev–Trinajstić information content (AvgIpc) is 2.83. The molecule has 26 heavy (non-hydrogen) atoms. The van der Waals surface area contributed by atoms with Crippen LogP contribution in [-0.2, 0) is 14.3 Å². The lowest BCUT2D eigenvalue weighted by molar-refractivity contribution is -0.272. The van der Waals surface area contributed by atoms with Gasteiger partial charge in [0.25, 0.3) is 0 Å². The van der Waals surface area contributed by atoms with Crippen LogP contribution in [0.5, 0.6) is 5.75 Å². The molecule has 2 rings (SSSR count). The number of hydrogen-bond donors (Lipinski definition) is 0. The van der Waals surface area contributed by atoms with Crippen LogP contribution in [0.2, 0.25) is 0 Å². The molecule has 0 aliphatic carbocycles. The van der Waals surface area contributed by atoms with Gasteiger partial charge in [0.1, 0.15) is 12.7 Å². The lowest BCUT2D eigenvalue weighted by atomic mass is 9.76. The van der Waals surface area contributed by atoms with Gasteiger partial charge in [0.15, 0.2) is 23.0 Å². The second kappa shape index (κ2) is 7.11. The number of ketones is 1. The van der Waals surface area contributed by atoms with Gasteiger partial charge in [-0.3, -0.25) is 4.79 Å². The van der Waals surface area contributed by atoms with E-state index >= 15 is 0 Å². The molecule has 0 saturated carbocycles. The third-order valence-electron chi connectivity index (χ3n) is 4.92. The predicted molar refractivity (Wildman–Crippen MR) is 81.0 cm³/mol. The maximum Gasteiger partial charge on any atom is 0.417 e. The first kappa shape index (κ1) is 20.6. The molecule has 1 heterocycles. The molecule has 4 atom stereocenters. The summed E-state index contributed by atoms with van der Waals surface area (Å²) in [6.45, 7) is 1.60. The molecule has 1 aliphatic heterocycles. The topological polar surface area (TPSA) is 44.8 Å². The van der Waals surface area contributed by atoms with Gasteiger partial charge in [-0.2, -0.15) is 17.6 Å². The van der Waals surface area contributed by atoms with Crippen LogP contribution in [0.1, 0.15) is 25.3 Å². The van der Waals surface area contributed by atoms with Crippen molar-refractivity contribution in [3.8, 4) is 5.75 Å². The van der Waals surface area contributed by atoms with Gasteiger partial charge in [-0.25, -0.2) is 4.39 Å². The SMILES string of the molecule is COCC(=O)[C@H]1O[C@@](C)(C(F)(F)F)[C@@H](C)[C@H]1c1ccc(F)c(F)c1OC. The zero-order valence-corrected chi connectivity index (χ0v) is 14.6. The predicted octanol–water partition coefficient (Wildman–Crippen LogP) is 3.63. The van der Waals surface area contributed by atoms with Gasteiger partial charge in [0.2, 0.25) is 5.82 Å². The number of carbonyl (C=O) groups is 1. The van der Waals surface area contributed by atoms with Crippen molar-refractivity contribution in [3.63, 3.8) is 0 Å². The van der Waals surface area contributed by atoms with Crippen LogP contribution in [0.4, 0.5) is 22.0 Å². The molecule has 1 aliphatic rings. The fraction of sp³-hybridized carbons (Fsp3) is 0.588. The lowest BCUT2D eigenvalue weighted by Crippen LogP contribution is -2.47. The van der Waals surface area contributed by atoms with Gasteiger partial charge >= 0.3 is 6.18 Å². The molecular formula is C17H19F5O4. The molecule has 4 nitrogen and oxygen atoms in total. The minimum absolute atomic E-state index is 0.0682. The van der Waals surface area contributed by atoms with E-state index in [4.69, 9.17) is 14.2 Å². The quantitative estimate of drug-likeness (QED) is 0.730. The van der Waals surface area contributed by atoms with Crippen LogP contribution in [0, 0.1) is 17.6 Å². The van der Waals surface area contributed by atoms with E-state index in [1.807, 2.05) is 0 Å². The first-order valence-corrected chi connectivity index (χ1v) is 7.77. The molecule has 9 heteroatoms. The van der Waals surface area contributed by atoms with Gasteiger partial charge in [0, 0.05) is 24.5 Å². The molecule has 0 unspecified atom stereocenters. The number of ether oxygens (including phenoxy) is 3. The molecule has 1 saturated heterocycles. The fourth-order valence-corrected chi connectivity index (χ4v) is 3.31. The molecule has 0 spiro atoms. The summed E-state index contributed by atoms with van der Waals surface area (Å²) in [6, 6.07) is 1.89. The summed E-state index contributed by atoms with van der Waals surface area (Å²) in [7, 11) is 2.28. The summed E-state index contributed by atoms with van der Waals surface area (Å²) in [5.41, 5.74) is -2.72. The van der Waals surface area contributed by atoms with E-state index in [1.165, 1.54) is 14.0 Å². The van der Waals surface area contributed by atoms with Crippen LogP contribution in [0.15, 0.2) is 12.1 Å². The van der Waals surface area contributed by atoms with E-state index in [9.17, 15) is 26.7 Å². The molecular weight excluding hydrogens is 363 g/mol. The molecule has 0 N–H and O–H groups in total. The summed E-state index contributed by atoms with van der Waals surface area (Å²) in [4.78, 5) is 12.3. The third kappa shape index (κ3) is 3.18. The number of alkyl halides is 3. The average molecular weight is 382 g/mol. The van der Waals surface area contributed by atoms with E-state index in [1.54, 1.807) is 0 Å². The van der Waals surface area contributed by atoms with Crippen molar-refractivity contribution in [2.75, 3.05) is 20.8 Å². The minimum Gasteiger partial charge on any atom is -0.493 e. The number of benzene rings is 1. The first-order chi connectivity index (χ1) is 12.0.